The number of piperidine rings is 1. The van der Waals surface area contributed by atoms with Gasteiger partial charge < -0.3 is 9.64 Å². The average Bonchev–Trinajstić information content (AvgIpc) is 3.11. The number of amides is 1. The number of benzene rings is 1. The van der Waals surface area contributed by atoms with Crippen molar-refractivity contribution in [3.8, 4) is 5.69 Å². The van der Waals surface area contributed by atoms with Gasteiger partial charge >= 0.3 is 5.97 Å². The maximum atomic E-state index is 13.7. The van der Waals surface area contributed by atoms with Gasteiger partial charge in [-0.3, -0.25) is 9.59 Å². The largest absolute Gasteiger partial charge is 0.466 e. The van der Waals surface area contributed by atoms with Crippen LogP contribution in [0.2, 0.25) is 0 Å². The topological polar surface area (TPSA) is 64.4 Å². The number of hydrogen-bond donors (Lipinski definition) is 0. The van der Waals surface area contributed by atoms with Crippen molar-refractivity contribution < 1.29 is 14.3 Å². The highest BCUT2D eigenvalue weighted by atomic mass is 16.5. The van der Waals surface area contributed by atoms with Crippen LogP contribution in [0.3, 0.4) is 0 Å². The van der Waals surface area contributed by atoms with Gasteiger partial charge in [0.05, 0.1) is 35.2 Å². The third-order valence-electron chi connectivity index (χ3n) is 5.78. The van der Waals surface area contributed by atoms with Crippen molar-refractivity contribution in [2.24, 2.45) is 11.8 Å². The molecular formula is C25H35N3O3. The molecule has 1 saturated heterocycles. The Morgan fingerprint density at radius 2 is 2.03 bits per heavy atom. The third kappa shape index (κ3) is 5.17. The standard InChI is InChI=1S/C25H35N3O3/c1-6-22-23(24(29)27-13-9-11-19(16-27)25(30)31-7-2)21(14-17(3)4)26-28(22)20-12-8-10-18(5)15-20/h8,10,12,15,17,19H,6-7,9,11,13-14,16H2,1-5H3/t19-/m1/s1. The summed E-state index contributed by atoms with van der Waals surface area (Å²) in [5, 5.41) is 4.91. The van der Waals surface area contributed by atoms with Crippen LogP contribution in [0, 0.1) is 18.8 Å². The van der Waals surface area contributed by atoms with E-state index in [9.17, 15) is 9.59 Å². The number of esters is 1. The molecule has 1 aliphatic heterocycles. The molecule has 6 nitrogen and oxygen atoms in total. The Kier molecular flexibility index (Phi) is 7.52. The second-order valence-electron chi connectivity index (χ2n) is 8.81. The van der Waals surface area contributed by atoms with Gasteiger partial charge in [-0.15, -0.1) is 0 Å². The van der Waals surface area contributed by atoms with Gasteiger partial charge in [-0.1, -0.05) is 32.9 Å². The lowest BCUT2D eigenvalue weighted by Crippen LogP contribution is -2.43. The summed E-state index contributed by atoms with van der Waals surface area (Å²) in [6, 6.07) is 8.20. The second-order valence-corrected chi connectivity index (χ2v) is 8.81. The van der Waals surface area contributed by atoms with Crippen molar-refractivity contribution in [1.82, 2.24) is 14.7 Å². The van der Waals surface area contributed by atoms with Crippen LogP contribution < -0.4 is 0 Å². The number of rotatable bonds is 7. The second kappa shape index (κ2) is 10.1. The molecule has 0 spiro atoms. The molecule has 0 bridgehead atoms. The molecule has 1 aliphatic rings. The van der Waals surface area contributed by atoms with E-state index in [1.165, 1.54) is 0 Å². The number of nitrogens with zero attached hydrogens (tertiary/aromatic N) is 3. The molecule has 0 unspecified atom stereocenters. The van der Waals surface area contributed by atoms with E-state index in [2.05, 4.69) is 39.8 Å². The summed E-state index contributed by atoms with van der Waals surface area (Å²) in [6.45, 7) is 11.7. The fourth-order valence-corrected chi connectivity index (χ4v) is 4.35. The first-order chi connectivity index (χ1) is 14.8. The van der Waals surface area contributed by atoms with Gasteiger partial charge in [0.15, 0.2) is 0 Å². The monoisotopic (exact) mass is 425 g/mol. The lowest BCUT2D eigenvalue weighted by molar-refractivity contribution is -0.149. The number of hydrogen-bond acceptors (Lipinski definition) is 4. The molecule has 0 radical (unpaired) electrons. The van der Waals surface area contributed by atoms with E-state index in [1.54, 1.807) is 0 Å². The average molecular weight is 426 g/mol. The Balaban J connectivity index is 2.00. The van der Waals surface area contributed by atoms with Gasteiger partial charge in [0.2, 0.25) is 0 Å². The van der Waals surface area contributed by atoms with Crippen molar-refractivity contribution in [3.63, 3.8) is 0 Å². The minimum absolute atomic E-state index is 0.0135. The van der Waals surface area contributed by atoms with Gasteiger partial charge in [0.1, 0.15) is 0 Å². The van der Waals surface area contributed by atoms with Crippen LogP contribution in [-0.4, -0.2) is 46.3 Å². The molecule has 31 heavy (non-hydrogen) atoms. The maximum absolute atomic E-state index is 13.7. The Morgan fingerprint density at radius 1 is 1.26 bits per heavy atom. The van der Waals surface area contributed by atoms with Crippen LogP contribution in [0.25, 0.3) is 5.69 Å². The van der Waals surface area contributed by atoms with Gasteiger partial charge in [-0.05, 0) is 63.1 Å². The lowest BCUT2D eigenvalue weighted by Gasteiger charge is -2.31. The molecule has 1 aromatic heterocycles. The normalized spacial score (nSPS) is 16.6. The molecule has 0 saturated carbocycles. The first kappa shape index (κ1) is 23.0. The Bertz CT molecular complexity index is 932. The van der Waals surface area contributed by atoms with Crippen LogP contribution in [0.1, 0.15) is 67.8 Å². The molecule has 2 aromatic rings. The molecule has 1 atom stereocenters. The minimum Gasteiger partial charge on any atom is -0.466 e. The van der Waals surface area contributed by atoms with E-state index in [1.807, 2.05) is 28.6 Å². The predicted molar refractivity (Wildman–Crippen MR) is 121 cm³/mol. The Morgan fingerprint density at radius 3 is 2.68 bits per heavy atom. The molecule has 168 valence electrons. The van der Waals surface area contributed by atoms with E-state index in [0.717, 1.165) is 41.9 Å². The highest BCUT2D eigenvalue weighted by Gasteiger charge is 2.33. The highest BCUT2D eigenvalue weighted by Crippen LogP contribution is 2.27. The quantitative estimate of drug-likeness (QED) is 0.619. The van der Waals surface area contributed by atoms with E-state index >= 15 is 0 Å². The van der Waals surface area contributed by atoms with Gasteiger partial charge in [0, 0.05) is 13.1 Å². The summed E-state index contributed by atoms with van der Waals surface area (Å²) < 4.78 is 7.15. The van der Waals surface area contributed by atoms with E-state index in [-0.39, 0.29) is 17.8 Å². The number of aryl methyl sites for hydroxylation is 1. The number of carbonyl (C=O) groups is 2. The molecule has 0 aliphatic carbocycles. The molecule has 2 heterocycles. The summed E-state index contributed by atoms with van der Waals surface area (Å²) in [5.41, 5.74) is 4.62. The first-order valence-electron chi connectivity index (χ1n) is 11.5. The van der Waals surface area contributed by atoms with Crippen LogP contribution in [0.15, 0.2) is 24.3 Å². The van der Waals surface area contributed by atoms with Gasteiger partial charge in [-0.2, -0.15) is 5.10 Å². The fourth-order valence-electron chi connectivity index (χ4n) is 4.35. The number of ether oxygens (including phenoxy) is 1. The summed E-state index contributed by atoms with van der Waals surface area (Å²) in [4.78, 5) is 27.8. The SMILES string of the molecule is CCOC(=O)[C@@H]1CCCN(C(=O)c2c(CC(C)C)nn(-c3cccc(C)c3)c2CC)C1. The highest BCUT2D eigenvalue weighted by molar-refractivity contribution is 5.97. The molecule has 1 aromatic carbocycles. The van der Waals surface area contributed by atoms with Gasteiger partial charge in [0.25, 0.3) is 5.91 Å². The van der Waals surface area contributed by atoms with Crippen LogP contribution >= 0.6 is 0 Å². The Hall–Kier alpha value is -2.63. The van der Waals surface area contributed by atoms with Crippen molar-refractivity contribution in [2.45, 2.75) is 60.3 Å². The third-order valence-corrected chi connectivity index (χ3v) is 5.78. The first-order valence-corrected chi connectivity index (χ1v) is 11.5. The fraction of sp³-hybridized carbons (Fsp3) is 0.560. The van der Waals surface area contributed by atoms with Crippen molar-refractivity contribution >= 4 is 11.9 Å². The van der Waals surface area contributed by atoms with E-state index < -0.39 is 0 Å². The van der Waals surface area contributed by atoms with Crippen LogP contribution in [0.4, 0.5) is 0 Å². The van der Waals surface area contributed by atoms with Crippen LogP contribution in [-0.2, 0) is 22.4 Å². The minimum atomic E-state index is -0.247. The van der Waals surface area contributed by atoms with E-state index in [4.69, 9.17) is 9.84 Å². The summed E-state index contributed by atoms with van der Waals surface area (Å²) in [6.07, 6.45) is 3.02. The lowest BCUT2D eigenvalue weighted by atomic mass is 9.96. The molecule has 0 N–H and O–H groups in total. The summed E-state index contributed by atoms with van der Waals surface area (Å²) in [5.74, 6) is -0.0807. The smallest absolute Gasteiger partial charge is 0.310 e. The van der Waals surface area contributed by atoms with Crippen molar-refractivity contribution in [1.29, 1.82) is 0 Å². The number of carbonyl (C=O) groups excluding carboxylic acids is 2. The number of likely N-dealkylation sites (tertiary alicyclic amines) is 1. The summed E-state index contributed by atoms with van der Waals surface area (Å²) >= 11 is 0. The number of aromatic nitrogens is 2. The van der Waals surface area contributed by atoms with Gasteiger partial charge in [-0.25, -0.2) is 4.68 Å². The maximum Gasteiger partial charge on any atom is 0.310 e. The van der Waals surface area contributed by atoms with E-state index in [0.29, 0.717) is 37.6 Å². The van der Waals surface area contributed by atoms with Crippen LogP contribution in [0.5, 0.6) is 0 Å². The van der Waals surface area contributed by atoms with Crippen molar-refractivity contribution in [2.75, 3.05) is 19.7 Å². The Labute approximate surface area is 185 Å². The molecular weight excluding hydrogens is 390 g/mol. The zero-order chi connectivity index (χ0) is 22.5. The summed E-state index contributed by atoms with van der Waals surface area (Å²) in [7, 11) is 0. The molecule has 3 rings (SSSR count). The zero-order valence-corrected chi connectivity index (χ0v) is 19.5. The molecule has 1 amide bonds. The molecule has 6 heteroatoms. The predicted octanol–water partition coefficient (Wildman–Crippen LogP) is 4.36. The molecule has 1 fully saturated rings. The zero-order valence-electron chi connectivity index (χ0n) is 19.5. The van der Waals surface area contributed by atoms with Crippen molar-refractivity contribution in [3.05, 3.63) is 46.8 Å².